The molecule has 0 aliphatic carbocycles. The molecule has 10 rings (SSSR count). The van der Waals surface area contributed by atoms with Crippen molar-refractivity contribution in [2.45, 2.75) is 77.4 Å². The maximum absolute atomic E-state index is 15.8. The Morgan fingerprint density at radius 2 is 1.58 bits per heavy atom. The lowest BCUT2D eigenvalue weighted by Gasteiger charge is -2.36. The normalized spacial score (nSPS) is 17.4. The number of anilines is 1. The molecule has 4 aromatic carbocycles. The number of β-amino-alcohol motifs (C(OH)–C–C–N with tert-alkyl or cyclic N) is 1. The molecule has 0 bridgehead atoms. The molecule has 2 fully saturated rings. The van der Waals surface area contributed by atoms with Crippen LogP contribution in [0.4, 0.5) is 18.9 Å². The second kappa shape index (κ2) is 27.5. The van der Waals surface area contributed by atoms with Crippen LogP contribution < -0.4 is 14.2 Å². The number of ketones is 2. The van der Waals surface area contributed by atoms with Crippen LogP contribution in [0.2, 0.25) is 0 Å². The number of aliphatic hydroxyl groups is 1. The number of halogens is 3. The van der Waals surface area contributed by atoms with Gasteiger partial charge in [-0.15, -0.1) is 11.3 Å². The fourth-order valence-electron chi connectivity index (χ4n) is 11.1. The molecule has 0 radical (unpaired) electrons. The number of fused-ring (bicyclic) bond motifs is 2. The average Bonchev–Trinajstić information content (AvgIpc) is 3.40. The molecule has 3 N–H and O–H groups in total. The van der Waals surface area contributed by atoms with Gasteiger partial charge < -0.3 is 43.6 Å². The smallest absolute Gasteiger partial charge is 0.301 e. The Balaban J connectivity index is 0.641. The second-order valence-corrected chi connectivity index (χ2v) is 24.2. The van der Waals surface area contributed by atoms with E-state index in [1.165, 1.54) is 17.5 Å². The first-order valence-electron chi connectivity index (χ1n) is 28.5. The van der Waals surface area contributed by atoms with Gasteiger partial charge in [-0.2, -0.15) is 12.7 Å². The molecule has 86 heavy (non-hydrogen) atoms. The maximum atomic E-state index is 15.8. The van der Waals surface area contributed by atoms with E-state index in [-0.39, 0.29) is 86.4 Å². The predicted molar refractivity (Wildman–Crippen MR) is 320 cm³/mol. The van der Waals surface area contributed by atoms with Gasteiger partial charge in [0.25, 0.3) is 0 Å². The number of Topliss-reactive ketones (excluding diaryl/α,β-unsaturated/α-hetero) is 1. The number of ether oxygens (including phenoxy) is 5. The summed E-state index contributed by atoms with van der Waals surface area (Å²) >= 11 is 1.53. The van der Waals surface area contributed by atoms with Gasteiger partial charge >= 0.3 is 10.2 Å². The van der Waals surface area contributed by atoms with Crippen LogP contribution in [0.5, 0.6) is 11.5 Å². The van der Waals surface area contributed by atoms with E-state index < -0.39 is 69.8 Å². The standard InChI is InChI=1S/C63H68F3N7O11S2/c1-38(2)59(72-34-44-7-5-6-8-49(44)40(72)4)63(77)73-36-47(74)31-54(73)55(75)18-13-42-9-10-43(61-39(3)69-37-85-61)30-56(42)84-28-26-82-24-22-80-21-23-81-25-27-83-48-14-11-41(12-15-48)45-29-50-51(33-68-62(50)67-32-45)60(76)57-52(65)16-17-53(58(57)66)70-86(78,79)71-20-19-46(64)35-71/h5-12,14-17,29-30,32-33,37-38,46-47,54,59,70,74H,4,13,18-28,31,34-36H2,1-3H3,(H,67,68)/t46-,47-,54+,59+/m1/s1. The van der Waals surface area contributed by atoms with Gasteiger partial charge in [-0.3, -0.25) is 19.1 Å². The fraction of sp³-hybridized carbons (Fsp3) is 0.381. The molecule has 0 unspecified atom stereocenters. The number of alkyl halides is 1. The van der Waals surface area contributed by atoms with Crippen LogP contribution in [0.3, 0.4) is 0 Å². The number of carbonyl (C=O) groups excluding carboxylic acids is 3. The van der Waals surface area contributed by atoms with E-state index in [2.05, 4.69) is 21.5 Å². The number of hydrogen-bond donors (Lipinski definition) is 3. The van der Waals surface area contributed by atoms with E-state index in [1.54, 1.807) is 46.9 Å². The number of aryl methyl sites for hydroxylation is 2. The van der Waals surface area contributed by atoms with E-state index in [9.17, 15) is 32.3 Å². The van der Waals surface area contributed by atoms with Crippen molar-refractivity contribution < 1.29 is 64.8 Å². The first-order valence-corrected chi connectivity index (χ1v) is 30.9. The van der Waals surface area contributed by atoms with Gasteiger partial charge in [-0.05, 0) is 84.3 Å². The number of amides is 1. The predicted octanol–water partition coefficient (Wildman–Crippen LogP) is 9.35. The van der Waals surface area contributed by atoms with Gasteiger partial charge in [0.15, 0.2) is 11.6 Å². The summed E-state index contributed by atoms with van der Waals surface area (Å²) in [5.74, 6) is -2.83. The summed E-state index contributed by atoms with van der Waals surface area (Å²) in [4.78, 5) is 58.5. The molecule has 0 spiro atoms. The van der Waals surface area contributed by atoms with Crippen molar-refractivity contribution in [1.82, 2.24) is 29.1 Å². The van der Waals surface area contributed by atoms with Gasteiger partial charge in [0, 0.05) is 79.2 Å². The van der Waals surface area contributed by atoms with Crippen LogP contribution in [0, 0.1) is 24.5 Å². The zero-order valence-corrected chi connectivity index (χ0v) is 49.6. The van der Waals surface area contributed by atoms with Crippen LogP contribution in [-0.4, -0.2) is 157 Å². The van der Waals surface area contributed by atoms with Crippen molar-refractivity contribution in [3.05, 3.63) is 155 Å². The third-order valence-corrected chi connectivity index (χ3v) is 18.0. The molecule has 1 amide bonds. The molecular weight excluding hydrogens is 1150 g/mol. The summed E-state index contributed by atoms with van der Waals surface area (Å²) in [5.41, 5.74) is 7.25. The van der Waals surface area contributed by atoms with Gasteiger partial charge in [0.1, 0.15) is 48.4 Å². The minimum Gasteiger partial charge on any atom is -0.491 e. The number of pyridine rings is 1. The number of rotatable bonds is 28. The third-order valence-electron chi connectivity index (χ3n) is 15.6. The summed E-state index contributed by atoms with van der Waals surface area (Å²) < 4.78 is 103. The van der Waals surface area contributed by atoms with Crippen molar-refractivity contribution in [3.63, 3.8) is 0 Å². The Labute approximate surface area is 501 Å². The van der Waals surface area contributed by atoms with Gasteiger partial charge in [-0.1, -0.05) is 69.0 Å². The number of H-pyrrole nitrogens is 1. The summed E-state index contributed by atoms with van der Waals surface area (Å²) in [6.07, 6.45) is 1.37. The minimum absolute atomic E-state index is 0.0125. The number of aromatic amines is 1. The molecule has 23 heteroatoms. The van der Waals surface area contributed by atoms with Gasteiger partial charge in [0.05, 0.1) is 79.1 Å². The number of carbonyl (C=O) groups is 3. The Morgan fingerprint density at radius 3 is 2.27 bits per heavy atom. The van der Waals surface area contributed by atoms with Crippen molar-refractivity contribution in [2.75, 3.05) is 77.2 Å². The Kier molecular flexibility index (Phi) is 19.7. The molecule has 4 atom stereocenters. The van der Waals surface area contributed by atoms with Crippen LogP contribution in [0.1, 0.15) is 71.4 Å². The SMILES string of the molecule is C=C1c2ccccc2CN1[C@H](C(=O)N1C[C@H](O)C[C@H]1C(=O)CCc1ccc(-c2scnc2C)cc1OCCOCCOCCOCCOc1ccc(-c2cnc3[nH]cc(C(=O)c4c(F)ccc(NS(=O)(=O)N5CC[C@@H](F)C5)c4F)c3c2)cc1)C(C)C. The number of nitrogens with one attached hydrogen (secondary N) is 2. The topological polar surface area (TPSA) is 215 Å². The highest BCUT2D eigenvalue weighted by molar-refractivity contribution is 7.90. The van der Waals surface area contributed by atoms with Crippen molar-refractivity contribution >= 4 is 61.4 Å². The van der Waals surface area contributed by atoms with Crippen LogP contribution in [0.25, 0.3) is 38.3 Å². The minimum atomic E-state index is -4.38. The monoisotopic (exact) mass is 1220 g/mol. The molecule has 3 aliphatic heterocycles. The molecule has 7 aromatic rings. The molecule has 18 nitrogen and oxygen atoms in total. The highest BCUT2D eigenvalue weighted by atomic mass is 32.2. The van der Waals surface area contributed by atoms with Crippen LogP contribution in [0.15, 0.2) is 109 Å². The number of aliphatic hydroxyl groups excluding tert-OH is 1. The Bertz CT molecular complexity index is 3710. The molecule has 6 heterocycles. The number of hydrogen-bond acceptors (Lipinski definition) is 15. The van der Waals surface area contributed by atoms with Crippen molar-refractivity contribution in [2.24, 2.45) is 5.92 Å². The lowest BCUT2D eigenvalue weighted by molar-refractivity contribution is -0.142. The second-order valence-electron chi connectivity index (χ2n) is 21.7. The van der Waals surface area contributed by atoms with Crippen LogP contribution >= 0.6 is 11.3 Å². The van der Waals surface area contributed by atoms with E-state index in [0.29, 0.717) is 68.6 Å². The average molecular weight is 1220 g/mol. The lowest BCUT2D eigenvalue weighted by atomic mass is 9.97. The highest BCUT2D eigenvalue weighted by Gasteiger charge is 2.44. The summed E-state index contributed by atoms with van der Waals surface area (Å²) in [5, 5.41) is 11.1. The zero-order valence-electron chi connectivity index (χ0n) is 47.9. The van der Waals surface area contributed by atoms with E-state index in [0.717, 1.165) is 55.0 Å². The van der Waals surface area contributed by atoms with Gasteiger partial charge in [0.2, 0.25) is 11.7 Å². The molecule has 3 aromatic heterocycles. The quantitative estimate of drug-likeness (QED) is 0.0308. The number of nitrogens with zero attached hydrogens (tertiary/aromatic N) is 5. The fourth-order valence-corrected chi connectivity index (χ4v) is 13.2. The summed E-state index contributed by atoms with van der Waals surface area (Å²) in [6.45, 7) is 12.8. The van der Waals surface area contributed by atoms with Crippen molar-refractivity contribution in [1.29, 1.82) is 0 Å². The van der Waals surface area contributed by atoms with E-state index in [1.807, 2.05) is 72.9 Å². The number of likely N-dealkylation sites (tertiary alicyclic amines) is 1. The summed E-state index contributed by atoms with van der Waals surface area (Å²) in [6, 6.07) is 23.0. The van der Waals surface area contributed by atoms with Gasteiger partial charge in [-0.25, -0.2) is 23.1 Å². The Morgan fingerprint density at radius 1 is 0.872 bits per heavy atom. The molecular formula is C63H68F3N7O11S2. The summed E-state index contributed by atoms with van der Waals surface area (Å²) in [7, 11) is -4.38. The third kappa shape index (κ3) is 14.0. The number of thiazole rings is 1. The Hall–Kier alpha value is -7.51. The molecule has 2 saturated heterocycles. The zero-order chi connectivity index (χ0) is 60.6. The first-order chi connectivity index (χ1) is 41.4. The number of aromatic nitrogens is 3. The highest BCUT2D eigenvalue weighted by Crippen LogP contribution is 2.38. The van der Waals surface area contributed by atoms with E-state index >= 15 is 8.78 Å². The molecule has 0 saturated carbocycles. The largest absolute Gasteiger partial charge is 0.491 e. The number of benzene rings is 4. The molecule has 3 aliphatic rings. The van der Waals surface area contributed by atoms with E-state index in [4.69, 9.17) is 23.7 Å². The first kappa shape index (κ1) is 61.6. The maximum Gasteiger partial charge on any atom is 0.301 e. The van der Waals surface area contributed by atoms with Crippen LogP contribution in [-0.2, 0) is 47.0 Å². The molecule has 454 valence electrons. The lowest BCUT2D eigenvalue weighted by Crippen LogP contribution is -2.52. The van der Waals surface area contributed by atoms with Crippen molar-refractivity contribution in [3.8, 4) is 33.1 Å².